The van der Waals surface area contributed by atoms with E-state index in [1.165, 1.54) is 6.07 Å². The quantitative estimate of drug-likeness (QED) is 0.514. The summed E-state index contributed by atoms with van der Waals surface area (Å²) in [4.78, 5) is 9.88. The van der Waals surface area contributed by atoms with Gasteiger partial charge in [-0.3, -0.25) is 0 Å². The minimum absolute atomic E-state index is 0.0475. The molecule has 1 aromatic rings. The van der Waals surface area contributed by atoms with Crippen LogP contribution in [0.2, 0.25) is 0 Å². The molecule has 0 aromatic carbocycles. The van der Waals surface area contributed by atoms with E-state index in [0.717, 1.165) is 6.54 Å². The van der Waals surface area contributed by atoms with Gasteiger partial charge in [0.1, 0.15) is 5.69 Å². The van der Waals surface area contributed by atoms with Gasteiger partial charge >= 0.3 is 5.82 Å². The molecule has 0 radical (unpaired) electrons. The fraction of sp³-hybridized carbons (Fsp3) is 0.571. The molecule has 2 rings (SSSR count). The smallest absolute Gasteiger partial charge is 0.342 e. The summed E-state index contributed by atoms with van der Waals surface area (Å²) in [5.74, 6) is -0.0904. The topological polar surface area (TPSA) is 93.1 Å². The normalized spacial score (nSPS) is 22.1. The van der Waals surface area contributed by atoms with Crippen LogP contribution in [0.1, 0.15) is 11.7 Å². The van der Waals surface area contributed by atoms with E-state index >= 15 is 0 Å². The fourth-order valence-electron chi connectivity index (χ4n) is 1.35. The van der Waals surface area contributed by atoms with Crippen molar-refractivity contribution in [3.05, 3.63) is 21.9 Å². The summed E-state index contributed by atoms with van der Waals surface area (Å²) >= 11 is 0. The van der Waals surface area contributed by atoms with Crippen LogP contribution in [0.25, 0.3) is 0 Å². The van der Waals surface area contributed by atoms with E-state index < -0.39 is 4.92 Å². The van der Waals surface area contributed by atoms with Gasteiger partial charge in [0.25, 0.3) is 0 Å². The molecule has 1 fully saturated rings. The van der Waals surface area contributed by atoms with Gasteiger partial charge in [0, 0.05) is 6.54 Å². The highest BCUT2D eigenvalue weighted by molar-refractivity contribution is 5.23. The molecule has 1 aliphatic heterocycles. The summed E-state index contributed by atoms with van der Waals surface area (Å²) in [6.45, 7) is 1.91. The van der Waals surface area contributed by atoms with Gasteiger partial charge in [0.15, 0.2) is 0 Å². The van der Waals surface area contributed by atoms with Gasteiger partial charge in [-0.05, 0) is 4.92 Å². The number of ether oxygens (including phenoxy) is 1. The van der Waals surface area contributed by atoms with Gasteiger partial charge in [-0.2, -0.15) is 0 Å². The Morgan fingerprint density at radius 3 is 3.14 bits per heavy atom. The lowest BCUT2D eigenvalue weighted by Crippen LogP contribution is -2.34. The molecule has 0 spiro atoms. The molecule has 0 bridgehead atoms. The van der Waals surface area contributed by atoms with Crippen LogP contribution in [-0.2, 0) is 4.74 Å². The van der Waals surface area contributed by atoms with Gasteiger partial charge in [0.05, 0.1) is 25.3 Å². The number of rotatable bonds is 2. The zero-order valence-corrected chi connectivity index (χ0v) is 7.40. The Hall–Kier alpha value is -1.47. The van der Waals surface area contributed by atoms with Crippen molar-refractivity contribution in [3.63, 3.8) is 0 Å². The molecule has 7 heteroatoms. The van der Waals surface area contributed by atoms with Crippen molar-refractivity contribution < 1.29 is 9.66 Å². The zero-order valence-electron chi connectivity index (χ0n) is 7.40. The fourth-order valence-corrected chi connectivity index (χ4v) is 1.35. The van der Waals surface area contributed by atoms with E-state index in [4.69, 9.17) is 4.74 Å². The third kappa shape index (κ3) is 1.73. The van der Waals surface area contributed by atoms with Crippen molar-refractivity contribution in [1.82, 2.24) is 15.5 Å². The second-order valence-electron chi connectivity index (χ2n) is 3.02. The monoisotopic (exact) mass is 198 g/mol. The third-order valence-electron chi connectivity index (χ3n) is 2.06. The molecular formula is C7H10N4O3. The van der Waals surface area contributed by atoms with Crippen LogP contribution in [0.4, 0.5) is 5.82 Å². The molecule has 2 heterocycles. The number of morpholine rings is 1. The molecule has 1 saturated heterocycles. The van der Waals surface area contributed by atoms with Crippen molar-refractivity contribution in [2.45, 2.75) is 6.04 Å². The molecule has 14 heavy (non-hydrogen) atoms. The van der Waals surface area contributed by atoms with Gasteiger partial charge < -0.3 is 20.2 Å². The summed E-state index contributed by atoms with van der Waals surface area (Å²) in [7, 11) is 0. The summed E-state index contributed by atoms with van der Waals surface area (Å²) in [6.07, 6.45) is 0. The van der Waals surface area contributed by atoms with Crippen LogP contribution in [0, 0.1) is 10.1 Å². The van der Waals surface area contributed by atoms with Crippen molar-refractivity contribution in [1.29, 1.82) is 0 Å². The highest BCUT2D eigenvalue weighted by atomic mass is 16.6. The lowest BCUT2D eigenvalue weighted by Gasteiger charge is -2.21. The Balaban J connectivity index is 2.11. The molecule has 1 aliphatic rings. The molecule has 0 aliphatic carbocycles. The Labute approximate surface area is 79.6 Å². The van der Waals surface area contributed by atoms with Crippen LogP contribution < -0.4 is 5.32 Å². The van der Waals surface area contributed by atoms with Crippen molar-refractivity contribution in [3.8, 4) is 0 Å². The van der Waals surface area contributed by atoms with Crippen LogP contribution >= 0.6 is 0 Å². The van der Waals surface area contributed by atoms with Crippen LogP contribution in [0.3, 0.4) is 0 Å². The summed E-state index contributed by atoms with van der Waals surface area (Å²) < 4.78 is 5.22. The van der Waals surface area contributed by atoms with Crippen molar-refractivity contribution in [2.24, 2.45) is 0 Å². The predicted octanol–water partition coefficient (Wildman–Crippen LogP) is -0.0212. The summed E-state index contributed by atoms with van der Waals surface area (Å²) in [5, 5.41) is 19.7. The minimum atomic E-state index is -0.500. The highest BCUT2D eigenvalue weighted by Crippen LogP contribution is 2.17. The SMILES string of the molecule is O=[N+]([O-])c1cc(C2COCCN2)n[nH]1. The number of aromatic amines is 1. The Morgan fingerprint density at radius 2 is 2.57 bits per heavy atom. The van der Waals surface area contributed by atoms with Gasteiger partial charge in [0.2, 0.25) is 0 Å². The molecule has 76 valence electrons. The first-order chi connectivity index (χ1) is 6.77. The second-order valence-corrected chi connectivity index (χ2v) is 3.02. The van der Waals surface area contributed by atoms with Crippen LogP contribution in [0.5, 0.6) is 0 Å². The Kier molecular flexibility index (Phi) is 2.42. The highest BCUT2D eigenvalue weighted by Gasteiger charge is 2.21. The average molecular weight is 198 g/mol. The molecular weight excluding hydrogens is 188 g/mol. The largest absolute Gasteiger partial charge is 0.378 e. The molecule has 1 unspecified atom stereocenters. The van der Waals surface area contributed by atoms with E-state index in [2.05, 4.69) is 15.5 Å². The van der Waals surface area contributed by atoms with Crippen molar-refractivity contribution >= 4 is 5.82 Å². The van der Waals surface area contributed by atoms with E-state index in [1.807, 2.05) is 0 Å². The maximum Gasteiger partial charge on any atom is 0.342 e. The number of nitrogens with one attached hydrogen (secondary N) is 2. The average Bonchev–Trinajstić information content (AvgIpc) is 2.68. The summed E-state index contributed by atoms with van der Waals surface area (Å²) in [5.41, 5.74) is 0.622. The number of nitrogens with zero attached hydrogens (tertiary/aromatic N) is 2. The van der Waals surface area contributed by atoms with Crippen LogP contribution in [-0.4, -0.2) is 34.9 Å². The molecule has 2 N–H and O–H groups in total. The minimum Gasteiger partial charge on any atom is -0.378 e. The molecule has 1 aromatic heterocycles. The van der Waals surface area contributed by atoms with Crippen molar-refractivity contribution in [2.75, 3.05) is 19.8 Å². The van der Waals surface area contributed by atoms with Gasteiger partial charge in [-0.1, -0.05) is 5.10 Å². The lowest BCUT2D eigenvalue weighted by molar-refractivity contribution is -0.389. The van der Waals surface area contributed by atoms with Crippen LogP contribution in [0.15, 0.2) is 6.07 Å². The van der Waals surface area contributed by atoms with E-state index in [9.17, 15) is 10.1 Å². The Bertz CT molecular complexity index is 331. The molecule has 0 amide bonds. The zero-order chi connectivity index (χ0) is 9.97. The van der Waals surface area contributed by atoms with E-state index in [-0.39, 0.29) is 11.9 Å². The summed E-state index contributed by atoms with van der Waals surface area (Å²) in [6, 6.07) is 1.38. The first kappa shape index (κ1) is 9.10. The van der Waals surface area contributed by atoms with E-state index in [0.29, 0.717) is 18.9 Å². The standard InChI is InChI=1S/C7H10N4O3/c12-11(13)7-3-5(9-10-7)6-4-14-2-1-8-6/h3,6,8H,1-2,4H2,(H,9,10). The van der Waals surface area contributed by atoms with Gasteiger partial charge in [-0.25, -0.2) is 0 Å². The second kappa shape index (κ2) is 3.72. The molecule has 0 saturated carbocycles. The first-order valence-corrected chi connectivity index (χ1v) is 4.28. The van der Waals surface area contributed by atoms with Gasteiger partial charge in [-0.15, -0.1) is 5.10 Å². The van der Waals surface area contributed by atoms with E-state index in [1.54, 1.807) is 0 Å². The Morgan fingerprint density at radius 1 is 1.71 bits per heavy atom. The number of H-pyrrole nitrogens is 1. The molecule has 1 atom stereocenters. The maximum atomic E-state index is 10.4. The number of hydrogen-bond acceptors (Lipinski definition) is 5. The third-order valence-corrected chi connectivity index (χ3v) is 2.06. The lowest BCUT2D eigenvalue weighted by atomic mass is 10.2. The number of nitro groups is 1. The molecule has 7 nitrogen and oxygen atoms in total. The predicted molar refractivity (Wildman–Crippen MR) is 46.8 cm³/mol. The first-order valence-electron chi connectivity index (χ1n) is 4.28. The number of aromatic nitrogens is 2. The number of hydrogen-bond donors (Lipinski definition) is 2. The maximum absolute atomic E-state index is 10.4.